The van der Waals surface area contributed by atoms with Crippen molar-refractivity contribution in [1.29, 1.82) is 5.26 Å². The van der Waals surface area contributed by atoms with E-state index < -0.39 is 24.6 Å². The standard InChI is InChI=1S/C11H9ClF3NO/c12-9-3-1-7(2-4-9)8(6-16)5-10(17)11(13,14)15/h1-4,8,10,17H,5H2/t8?,10-/m0/s1. The minimum absolute atomic E-state index is 0.403. The van der Waals surface area contributed by atoms with E-state index in [4.69, 9.17) is 22.0 Å². The summed E-state index contributed by atoms with van der Waals surface area (Å²) in [5.41, 5.74) is 0.403. The molecule has 0 bridgehead atoms. The van der Waals surface area contributed by atoms with Gasteiger partial charge in [0, 0.05) is 11.4 Å². The van der Waals surface area contributed by atoms with Gasteiger partial charge in [-0.2, -0.15) is 18.4 Å². The molecule has 0 fully saturated rings. The van der Waals surface area contributed by atoms with E-state index in [2.05, 4.69) is 0 Å². The maximum Gasteiger partial charge on any atom is 0.414 e. The van der Waals surface area contributed by atoms with Gasteiger partial charge >= 0.3 is 6.18 Å². The fraction of sp³-hybridized carbons (Fsp3) is 0.364. The second kappa shape index (κ2) is 5.39. The highest BCUT2D eigenvalue weighted by molar-refractivity contribution is 6.30. The van der Waals surface area contributed by atoms with Crippen LogP contribution in [-0.2, 0) is 0 Å². The number of rotatable bonds is 3. The first kappa shape index (κ1) is 13.8. The zero-order chi connectivity index (χ0) is 13.1. The lowest BCUT2D eigenvalue weighted by Gasteiger charge is -2.17. The first-order valence-electron chi connectivity index (χ1n) is 4.74. The monoisotopic (exact) mass is 263 g/mol. The first-order chi connectivity index (χ1) is 7.84. The average Bonchev–Trinajstić information content (AvgIpc) is 2.25. The number of hydrogen-bond donors (Lipinski definition) is 1. The number of aliphatic hydroxyl groups is 1. The van der Waals surface area contributed by atoms with Crippen LogP contribution in [0.3, 0.4) is 0 Å². The molecule has 0 saturated carbocycles. The average molecular weight is 264 g/mol. The Labute approximate surface area is 101 Å². The summed E-state index contributed by atoms with van der Waals surface area (Å²) in [6, 6.07) is 7.66. The molecule has 0 heterocycles. The summed E-state index contributed by atoms with van der Waals surface area (Å²) in [7, 11) is 0. The third-order valence-electron chi connectivity index (χ3n) is 2.27. The Morgan fingerprint density at radius 3 is 2.24 bits per heavy atom. The van der Waals surface area contributed by atoms with Crippen LogP contribution >= 0.6 is 11.6 Å². The number of nitrogens with zero attached hydrogens (tertiary/aromatic N) is 1. The van der Waals surface area contributed by atoms with Gasteiger partial charge in [-0.25, -0.2) is 0 Å². The van der Waals surface area contributed by atoms with Gasteiger partial charge in [-0.05, 0) is 17.7 Å². The summed E-state index contributed by atoms with van der Waals surface area (Å²) < 4.78 is 36.4. The van der Waals surface area contributed by atoms with Crippen molar-refractivity contribution >= 4 is 11.6 Å². The van der Waals surface area contributed by atoms with Crippen molar-refractivity contribution in [3.63, 3.8) is 0 Å². The van der Waals surface area contributed by atoms with Crippen molar-refractivity contribution in [1.82, 2.24) is 0 Å². The van der Waals surface area contributed by atoms with Crippen LogP contribution in [0.15, 0.2) is 24.3 Å². The number of nitriles is 1. The predicted octanol–water partition coefficient (Wildman–Crippen LogP) is 3.26. The Hall–Kier alpha value is -1.25. The van der Waals surface area contributed by atoms with Gasteiger partial charge < -0.3 is 5.11 Å². The minimum atomic E-state index is -4.71. The van der Waals surface area contributed by atoms with Crippen molar-refractivity contribution in [2.24, 2.45) is 0 Å². The van der Waals surface area contributed by atoms with E-state index in [0.29, 0.717) is 10.6 Å². The summed E-state index contributed by atoms with van der Waals surface area (Å²) in [6.07, 6.45) is -7.88. The van der Waals surface area contributed by atoms with Gasteiger partial charge in [0.15, 0.2) is 6.10 Å². The molecule has 17 heavy (non-hydrogen) atoms. The largest absolute Gasteiger partial charge is 0.414 e. The van der Waals surface area contributed by atoms with E-state index in [1.54, 1.807) is 6.07 Å². The number of benzene rings is 1. The van der Waals surface area contributed by atoms with E-state index >= 15 is 0 Å². The zero-order valence-electron chi connectivity index (χ0n) is 8.58. The third kappa shape index (κ3) is 3.91. The van der Waals surface area contributed by atoms with Crippen LogP contribution in [0.5, 0.6) is 0 Å². The Balaban J connectivity index is 2.80. The summed E-state index contributed by atoms with van der Waals surface area (Å²) in [6.45, 7) is 0. The maximum absolute atomic E-state index is 12.1. The second-order valence-corrected chi connectivity index (χ2v) is 3.96. The highest BCUT2D eigenvalue weighted by atomic mass is 35.5. The molecule has 0 saturated heterocycles. The topological polar surface area (TPSA) is 44.0 Å². The van der Waals surface area contributed by atoms with Gasteiger partial charge in [-0.1, -0.05) is 23.7 Å². The van der Waals surface area contributed by atoms with E-state index in [-0.39, 0.29) is 0 Å². The summed E-state index contributed by atoms with van der Waals surface area (Å²) in [5.74, 6) is -1.01. The van der Waals surface area contributed by atoms with E-state index in [0.717, 1.165) is 0 Å². The van der Waals surface area contributed by atoms with Crippen molar-refractivity contribution in [2.45, 2.75) is 24.6 Å². The van der Waals surface area contributed by atoms with Gasteiger partial charge in [-0.15, -0.1) is 0 Å². The molecule has 1 unspecified atom stereocenters. The van der Waals surface area contributed by atoms with Crippen molar-refractivity contribution < 1.29 is 18.3 Å². The number of alkyl halides is 3. The highest BCUT2D eigenvalue weighted by Crippen LogP contribution is 2.29. The van der Waals surface area contributed by atoms with Gasteiger partial charge in [0.2, 0.25) is 0 Å². The lowest BCUT2D eigenvalue weighted by atomic mass is 9.94. The molecule has 0 aliphatic rings. The number of hydrogen-bond acceptors (Lipinski definition) is 2. The van der Waals surface area contributed by atoms with Crippen LogP contribution < -0.4 is 0 Å². The van der Waals surface area contributed by atoms with Crippen LogP contribution in [-0.4, -0.2) is 17.4 Å². The lowest BCUT2D eigenvalue weighted by molar-refractivity contribution is -0.205. The molecule has 0 aliphatic heterocycles. The highest BCUT2D eigenvalue weighted by Gasteiger charge is 2.39. The van der Waals surface area contributed by atoms with Crippen LogP contribution in [0.2, 0.25) is 5.02 Å². The molecular formula is C11H9ClF3NO. The van der Waals surface area contributed by atoms with E-state index in [1.807, 2.05) is 0 Å². The molecule has 0 aliphatic carbocycles. The van der Waals surface area contributed by atoms with Gasteiger partial charge in [-0.3, -0.25) is 0 Å². The molecule has 6 heteroatoms. The Kier molecular flexibility index (Phi) is 4.38. The molecule has 0 amide bonds. The molecule has 0 spiro atoms. The number of aliphatic hydroxyl groups excluding tert-OH is 1. The molecule has 92 valence electrons. The van der Waals surface area contributed by atoms with Crippen molar-refractivity contribution in [3.8, 4) is 6.07 Å². The molecule has 0 radical (unpaired) electrons. The Morgan fingerprint density at radius 2 is 1.82 bits per heavy atom. The summed E-state index contributed by atoms with van der Waals surface area (Å²) in [5, 5.41) is 18.1. The molecule has 0 aromatic heterocycles. The van der Waals surface area contributed by atoms with Gasteiger partial charge in [0.05, 0.1) is 12.0 Å². The maximum atomic E-state index is 12.1. The quantitative estimate of drug-likeness (QED) is 0.910. The Bertz CT molecular complexity index is 410. The molecule has 1 N–H and O–H groups in total. The third-order valence-corrected chi connectivity index (χ3v) is 2.52. The minimum Gasteiger partial charge on any atom is -0.384 e. The van der Waals surface area contributed by atoms with Crippen LogP contribution in [0.1, 0.15) is 17.9 Å². The first-order valence-corrected chi connectivity index (χ1v) is 5.12. The summed E-state index contributed by atoms with van der Waals surface area (Å²) >= 11 is 5.63. The number of halogens is 4. The van der Waals surface area contributed by atoms with Crippen molar-refractivity contribution in [3.05, 3.63) is 34.9 Å². The lowest BCUT2D eigenvalue weighted by Crippen LogP contribution is -2.30. The zero-order valence-corrected chi connectivity index (χ0v) is 9.33. The Morgan fingerprint density at radius 1 is 1.29 bits per heavy atom. The normalized spacial score (nSPS) is 15.1. The van der Waals surface area contributed by atoms with Gasteiger partial charge in [0.1, 0.15) is 0 Å². The van der Waals surface area contributed by atoms with E-state index in [9.17, 15) is 13.2 Å². The SMILES string of the molecule is N#CC(C[C@H](O)C(F)(F)F)c1ccc(Cl)cc1. The predicted molar refractivity (Wildman–Crippen MR) is 56.5 cm³/mol. The molecule has 2 atom stereocenters. The molecular weight excluding hydrogens is 255 g/mol. The fourth-order valence-corrected chi connectivity index (χ4v) is 1.44. The molecule has 1 aromatic carbocycles. The summed E-state index contributed by atoms with van der Waals surface area (Å²) in [4.78, 5) is 0. The van der Waals surface area contributed by atoms with Crippen LogP contribution in [0.25, 0.3) is 0 Å². The molecule has 1 aromatic rings. The van der Waals surface area contributed by atoms with Gasteiger partial charge in [0.25, 0.3) is 0 Å². The van der Waals surface area contributed by atoms with Crippen LogP contribution in [0, 0.1) is 11.3 Å². The second-order valence-electron chi connectivity index (χ2n) is 3.53. The molecule has 2 nitrogen and oxygen atoms in total. The molecule has 1 rings (SSSR count). The van der Waals surface area contributed by atoms with Crippen LogP contribution in [0.4, 0.5) is 13.2 Å². The smallest absolute Gasteiger partial charge is 0.384 e. The van der Waals surface area contributed by atoms with Crippen molar-refractivity contribution in [2.75, 3.05) is 0 Å². The van der Waals surface area contributed by atoms with E-state index in [1.165, 1.54) is 24.3 Å². The fourth-order valence-electron chi connectivity index (χ4n) is 1.32.